The topological polar surface area (TPSA) is 63.2 Å². The van der Waals surface area contributed by atoms with Crippen molar-refractivity contribution in [3.63, 3.8) is 0 Å². The lowest BCUT2D eigenvalue weighted by molar-refractivity contribution is 0.237. The summed E-state index contributed by atoms with van der Waals surface area (Å²) in [7, 11) is 1.41. The molecule has 0 bridgehead atoms. The summed E-state index contributed by atoms with van der Waals surface area (Å²) < 4.78 is 18.4. The summed E-state index contributed by atoms with van der Waals surface area (Å²) in [5.74, 6) is -0.110. The van der Waals surface area contributed by atoms with Gasteiger partial charge in [-0.15, -0.1) is 11.3 Å². The van der Waals surface area contributed by atoms with Crippen LogP contribution in [0, 0.1) is 5.82 Å². The molecule has 2 aromatic rings. The quantitative estimate of drug-likeness (QED) is 0.848. The van der Waals surface area contributed by atoms with E-state index in [0.29, 0.717) is 6.54 Å². The molecule has 0 aliphatic rings. The molecular formula is C16H20FN3O2S. The molecule has 2 amide bonds. The second-order valence-corrected chi connectivity index (χ2v) is 6.17. The van der Waals surface area contributed by atoms with E-state index < -0.39 is 5.82 Å². The number of urea groups is 1. The summed E-state index contributed by atoms with van der Waals surface area (Å²) in [4.78, 5) is 16.2. The molecule has 0 saturated carbocycles. The normalized spacial score (nSPS) is 13.2. The molecular weight excluding hydrogens is 317 g/mol. The largest absolute Gasteiger partial charge is 0.494 e. The fourth-order valence-corrected chi connectivity index (χ4v) is 2.79. The van der Waals surface area contributed by atoms with Crippen LogP contribution in [0.2, 0.25) is 0 Å². The van der Waals surface area contributed by atoms with Crippen LogP contribution in [0.3, 0.4) is 0 Å². The fourth-order valence-electron chi connectivity index (χ4n) is 2.09. The Balaban J connectivity index is 1.87. The van der Waals surface area contributed by atoms with Crippen molar-refractivity contribution in [2.24, 2.45) is 0 Å². The van der Waals surface area contributed by atoms with Crippen LogP contribution < -0.4 is 15.4 Å². The molecule has 0 unspecified atom stereocenters. The molecule has 0 saturated heterocycles. The zero-order chi connectivity index (χ0) is 16.8. The summed E-state index contributed by atoms with van der Waals surface area (Å²) in [6.45, 7) is 4.34. The zero-order valence-corrected chi connectivity index (χ0v) is 14.1. The molecule has 7 heteroatoms. The molecule has 0 radical (unpaired) electrons. The van der Waals surface area contributed by atoms with E-state index in [2.05, 4.69) is 15.6 Å². The highest BCUT2D eigenvalue weighted by atomic mass is 32.1. The molecule has 0 aliphatic heterocycles. The number of rotatable bonds is 6. The first-order valence-corrected chi connectivity index (χ1v) is 8.16. The fraction of sp³-hybridized carbons (Fsp3) is 0.375. The van der Waals surface area contributed by atoms with Crippen LogP contribution in [0.25, 0.3) is 0 Å². The van der Waals surface area contributed by atoms with E-state index in [-0.39, 0.29) is 23.7 Å². The van der Waals surface area contributed by atoms with Crippen LogP contribution >= 0.6 is 11.3 Å². The lowest BCUT2D eigenvalue weighted by Crippen LogP contribution is -2.38. The number of amides is 2. The van der Waals surface area contributed by atoms with E-state index in [1.807, 2.05) is 19.2 Å². The molecule has 2 atom stereocenters. The average molecular weight is 337 g/mol. The van der Waals surface area contributed by atoms with Crippen molar-refractivity contribution in [2.75, 3.05) is 13.7 Å². The monoisotopic (exact) mass is 337 g/mol. The van der Waals surface area contributed by atoms with E-state index >= 15 is 0 Å². The maximum Gasteiger partial charge on any atom is 0.315 e. The molecule has 1 aromatic carbocycles. The van der Waals surface area contributed by atoms with E-state index in [1.54, 1.807) is 29.7 Å². The van der Waals surface area contributed by atoms with Crippen molar-refractivity contribution in [2.45, 2.75) is 25.8 Å². The minimum Gasteiger partial charge on any atom is -0.494 e. The highest BCUT2D eigenvalue weighted by Gasteiger charge is 2.14. The number of methoxy groups -OCH3 is 1. The summed E-state index contributed by atoms with van der Waals surface area (Å²) in [6, 6.07) is 4.00. The van der Waals surface area contributed by atoms with Gasteiger partial charge in [0.1, 0.15) is 0 Å². The Hall–Kier alpha value is -2.15. The Morgan fingerprint density at radius 1 is 1.43 bits per heavy atom. The van der Waals surface area contributed by atoms with E-state index in [4.69, 9.17) is 4.74 Å². The molecule has 2 N–H and O–H groups in total. The Kier molecular flexibility index (Phi) is 5.92. The molecule has 1 heterocycles. The first-order valence-electron chi connectivity index (χ1n) is 7.28. The summed E-state index contributed by atoms with van der Waals surface area (Å²) >= 11 is 1.57. The lowest BCUT2D eigenvalue weighted by atomic mass is 10.1. The minimum atomic E-state index is -0.426. The summed E-state index contributed by atoms with van der Waals surface area (Å²) in [6.07, 6.45) is 1.75. The SMILES string of the molecule is COc1cc([C@@H](C)NC(=O)NC[C@H](C)c2nccs2)ccc1F. The van der Waals surface area contributed by atoms with Gasteiger partial charge in [0.25, 0.3) is 0 Å². The molecule has 2 rings (SSSR count). The Bertz CT molecular complexity index is 649. The number of hydrogen-bond donors (Lipinski definition) is 2. The maximum absolute atomic E-state index is 13.4. The number of aromatic nitrogens is 1. The number of nitrogens with one attached hydrogen (secondary N) is 2. The van der Waals surface area contributed by atoms with Crippen LogP contribution in [0.4, 0.5) is 9.18 Å². The Morgan fingerprint density at radius 2 is 2.22 bits per heavy atom. The van der Waals surface area contributed by atoms with Crippen molar-refractivity contribution in [1.82, 2.24) is 15.6 Å². The van der Waals surface area contributed by atoms with Gasteiger partial charge in [-0.3, -0.25) is 0 Å². The number of carbonyl (C=O) groups excluding carboxylic acids is 1. The zero-order valence-electron chi connectivity index (χ0n) is 13.3. The van der Waals surface area contributed by atoms with Crippen LogP contribution in [-0.2, 0) is 0 Å². The highest BCUT2D eigenvalue weighted by Crippen LogP contribution is 2.22. The molecule has 124 valence electrons. The number of hydrogen-bond acceptors (Lipinski definition) is 4. The van der Waals surface area contributed by atoms with Crippen molar-refractivity contribution in [3.05, 3.63) is 46.2 Å². The van der Waals surface area contributed by atoms with Crippen LogP contribution in [0.1, 0.15) is 36.4 Å². The van der Waals surface area contributed by atoms with Crippen molar-refractivity contribution in [3.8, 4) is 5.75 Å². The van der Waals surface area contributed by atoms with Gasteiger partial charge in [0.05, 0.1) is 18.2 Å². The molecule has 5 nitrogen and oxygen atoms in total. The lowest BCUT2D eigenvalue weighted by Gasteiger charge is -2.17. The van der Waals surface area contributed by atoms with Gasteiger partial charge in [0.2, 0.25) is 0 Å². The third kappa shape index (κ3) is 4.66. The maximum atomic E-state index is 13.4. The van der Waals surface area contributed by atoms with Crippen LogP contribution in [-0.4, -0.2) is 24.7 Å². The first-order chi connectivity index (χ1) is 11.0. The molecule has 23 heavy (non-hydrogen) atoms. The highest BCUT2D eigenvalue weighted by molar-refractivity contribution is 7.09. The minimum absolute atomic E-state index is 0.155. The van der Waals surface area contributed by atoms with Gasteiger partial charge in [-0.05, 0) is 24.6 Å². The standard InChI is InChI=1S/C16H20FN3O2S/c1-10(15-18-6-7-23-15)9-19-16(21)20-11(2)12-4-5-13(17)14(8-12)22-3/h4-8,10-11H,9H2,1-3H3,(H2,19,20,21)/t10-,11+/m0/s1. The number of carbonyl (C=O) groups is 1. The van der Waals surface area contributed by atoms with Gasteiger partial charge < -0.3 is 15.4 Å². The summed E-state index contributed by atoms with van der Waals surface area (Å²) in [5, 5.41) is 8.55. The van der Waals surface area contributed by atoms with Crippen molar-refractivity contribution in [1.29, 1.82) is 0 Å². The van der Waals surface area contributed by atoms with E-state index in [9.17, 15) is 9.18 Å². The summed E-state index contributed by atoms with van der Waals surface area (Å²) in [5.41, 5.74) is 0.770. The van der Waals surface area contributed by atoms with Gasteiger partial charge in [-0.2, -0.15) is 0 Å². The predicted molar refractivity (Wildman–Crippen MR) is 88.4 cm³/mol. The second-order valence-electron chi connectivity index (χ2n) is 5.24. The van der Waals surface area contributed by atoms with Gasteiger partial charge in [-0.1, -0.05) is 13.0 Å². The number of halogens is 1. The second kappa shape index (κ2) is 7.92. The molecule has 0 fully saturated rings. The van der Waals surface area contributed by atoms with Gasteiger partial charge in [0.15, 0.2) is 11.6 Å². The van der Waals surface area contributed by atoms with Crippen LogP contribution in [0.5, 0.6) is 5.75 Å². The third-order valence-electron chi connectivity index (χ3n) is 3.46. The molecule has 0 spiro atoms. The number of thiazole rings is 1. The predicted octanol–water partition coefficient (Wildman–Crippen LogP) is 3.45. The average Bonchev–Trinajstić information content (AvgIpc) is 3.07. The van der Waals surface area contributed by atoms with Crippen molar-refractivity contribution < 1.29 is 13.9 Å². The Labute approximate surface area is 138 Å². The third-order valence-corrected chi connectivity index (χ3v) is 4.47. The van der Waals surface area contributed by atoms with Gasteiger partial charge in [0, 0.05) is 24.0 Å². The smallest absolute Gasteiger partial charge is 0.315 e. The van der Waals surface area contributed by atoms with Gasteiger partial charge in [-0.25, -0.2) is 14.2 Å². The molecule has 1 aromatic heterocycles. The van der Waals surface area contributed by atoms with E-state index in [0.717, 1.165) is 10.6 Å². The molecule has 0 aliphatic carbocycles. The van der Waals surface area contributed by atoms with E-state index in [1.165, 1.54) is 13.2 Å². The first kappa shape index (κ1) is 17.2. The van der Waals surface area contributed by atoms with Crippen LogP contribution in [0.15, 0.2) is 29.8 Å². The Morgan fingerprint density at radius 3 is 2.87 bits per heavy atom. The number of ether oxygens (including phenoxy) is 1. The van der Waals surface area contributed by atoms with Gasteiger partial charge >= 0.3 is 6.03 Å². The number of benzene rings is 1. The van der Waals surface area contributed by atoms with Crippen molar-refractivity contribution >= 4 is 17.4 Å². The number of nitrogens with zero attached hydrogens (tertiary/aromatic N) is 1.